The van der Waals surface area contributed by atoms with Crippen molar-refractivity contribution < 1.29 is 26.4 Å². The summed E-state index contributed by atoms with van der Waals surface area (Å²) in [6.07, 6.45) is 0.655. The third kappa shape index (κ3) is 10.7. The Morgan fingerprint density at radius 2 is 2.14 bits per heavy atom. The molecule has 1 radical (unpaired) electrons. The molecule has 0 aromatic rings. The molecule has 0 saturated heterocycles. The first-order chi connectivity index (χ1) is 2.77. The number of hydrogen-bond acceptors (Lipinski definition) is 2. The summed E-state index contributed by atoms with van der Waals surface area (Å²) in [7, 11) is 0. The van der Waals surface area contributed by atoms with Crippen molar-refractivity contribution >= 4 is 12.1 Å². The van der Waals surface area contributed by atoms with Crippen LogP contribution in [-0.4, -0.2) is 12.1 Å². The van der Waals surface area contributed by atoms with Crippen LogP contribution in [-0.2, 0) is 26.4 Å². The summed E-state index contributed by atoms with van der Waals surface area (Å²) in [6.45, 7) is 1.38. The van der Waals surface area contributed by atoms with E-state index in [2.05, 4.69) is 0 Å². The fourth-order valence-electron chi connectivity index (χ4n) is 0.117. The molecule has 7 heavy (non-hydrogen) atoms. The van der Waals surface area contributed by atoms with Gasteiger partial charge in [0, 0.05) is 16.8 Å². The van der Waals surface area contributed by atoms with E-state index in [9.17, 15) is 9.59 Å². The molecule has 0 N–H and O–H groups in total. The molecule has 0 aliphatic rings. The van der Waals surface area contributed by atoms with Crippen molar-refractivity contribution in [1.29, 1.82) is 0 Å². The third-order valence-electron chi connectivity index (χ3n) is 0.371. The fraction of sp³-hybridized carbons (Fsp3) is 0.500. The van der Waals surface area contributed by atoms with Crippen LogP contribution in [0.25, 0.3) is 0 Å². The Labute approximate surface area is 52.5 Å². The third-order valence-corrected chi connectivity index (χ3v) is 0.371. The molecule has 2 nitrogen and oxygen atoms in total. The van der Waals surface area contributed by atoms with Gasteiger partial charge in [0.15, 0.2) is 0 Å². The van der Waals surface area contributed by atoms with Crippen molar-refractivity contribution in [2.24, 2.45) is 0 Å². The van der Waals surface area contributed by atoms with E-state index in [4.69, 9.17) is 0 Å². The monoisotopic (exact) mass is 145 g/mol. The molecular formula is C4H6CoO2. The van der Waals surface area contributed by atoms with Crippen molar-refractivity contribution in [3.63, 3.8) is 0 Å². The van der Waals surface area contributed by atoms with Gasteiger partial charge in [-0.05, 0) is 6.92 Å². The zero-order chi connectivity index (χ0) is 4.99. The SMILES string of the molecule is CC(=O)CC=O.[Co]. The first-order valence-corrected chi connectivity index (χ1v) is 1.70. The Morgan fingerprint density at radius 1 is 1.71 bits per heavy atom. The number of hydrogen-bond donors (Lipinski definition) is 0. The van der Waals surface area contributed by atoms with Gasteiger partial charge in [-0.2, -0.15) is 0 Å². The Bertz CT molecular complexity index is 70.1. The van der Waals surface area contributed by atoms with Crippen LogP contribution in [0.15, 0.2) is 0 Å². The molecule has 0 aliphatic carbocycles. The van der Waals surface area contributed by atoms with E-state index in [-0.39, 0.29) is 29.0 Å². The minimum Gasteiger partial charge on any atom is -0.303 e. The van der Waals surface area contributed by atoms with Crippen molar-refractivity contribution in [1.82, 2.24) is 0 Å². The molecule has 0 spiro atoms. The van der Waals surface area contributed by atoms with Crippen LogP contribution in [0.4, 0.5) is 0 Å². The Kier molecular flexibility index (Phi) is 8.32. The van der Waals surface area contributed by atoms with Gasteiger partial charge >= 0.3 is 0 Å². The van der Waals surface area contributed by atoms with Crippen molar-refractivity contribution in [2.75, 3.05) is 0 Å². The van der Waals surface area contributed by atoms with Crippen molar-refractivity contribution in [3.8, 4) is 0 Å². The van der Waals surface area contributed by atoms with Gasteiger partial charge in [0.25, 0.3) is 0 Å². The number of ketones is 1. The predicted molar refractivity (Wildman–Crippen MR) is 21.4 cm³/mol. The second kappa shape index (κ2) is 5.85. The van der Waals surface area contributed by atoms with Gasteiger partial charge < -0.3 is 4.79 Å². The minimum absolute atomic E-state index is 0. The number of aldehydes is 1. The molecule has 0 aromatic heterocycles. The summed E-state index contributed by atoms with van der Waals surface area (Å²) in [5, 5.41) is 0. The van der Waals surface area contributed by atoms with Gasteiger partial charge in [-0.25, -0.2) is 0 Å². The van der Waals surface area contributed by atoms with E-state index < -0.39 is 0 Å². The molecular weight excluding hydrogens is 139 g/mol. The average molecular weight is 145 g/mol. The summed E-state index contributed by atoms with van der Waals surface area (Å²) in [4.78, 5) is 19.2. The largest absolute Gasteiger partial charge is 0.303 e. The van der Waals surface area contributed by atoms with E-state index in [1.54, 1.807) is 0 Å². The number of rotatable bonds is 2. The molecule has 43 valence electrons. The molecule has 0 heterocycles. The maximum absolute atomic E-state index is 9.81. The van der Waals surface area contributed by atoms with Gasteiger partial charge in [-0.1, -0.05) is 0 Å². The van der Waals surface area contributed by atoms with Gasteiger partial charge in [-0.15, -0.1) is 0 Å². The van der Waals surface area contributed by atoms with Crippen LogP contribution in [0.5, 0.6) is 0 Å². The smallest absolute Gasteiger partial charge is 0.136 e. The Balaban J connectivity index is 0. The molecule has 0 unspecified atom stereocenters. The molecule has 0 rings (SSSR count). The number of carbonyl (C=O) groups is 2. The quantitative estimate of drug-likeness (QED) is 0.409. The Hall–Kier alpha value is -0.154. The second-order valence-corrected chi connectivity index (χ2v) is 1.07. The zero-order valence-corrected chi connectivity index (χ0v) is 4.98. The Morgan fingerprint density at radius 3 is 2.14 bits per heavy atom. The molecule has 0 bridgehead atoms. The topological polar surface area (TPSA) is 34.1 Å². The summed E-state index contributed by atoms with van der Waals surface area (Å²) in [5.41, 5.74) is 0. The van der Waals surface area contributed by atoms with E-state index in [0.29, 0.717) is 6.29 Å². The molecule has 0 atom stereocenters. The molecule has 0 saturated carbocycles. The fourth-order valence-corrected chi connectivity index (χ4v) is 0.117. The summed E-state index contributed by atoms with van der Waals surface area (Å²) in [5.74, 6) is -0.0787. The molecule has 0 aromatic carbocycles. The summed E-state index contributed by atoms with van der Waals surface area (Å²) >= 11 is 0. The zero-order valence-electron chi connectivity index (χ0n) is 3.93. The van der Waals surface area contributed by atoms with Crippen LogP contribution in [0.2, 0.25) is 0 Å². The summed E-state index contributed by atoms with van der Waals surface area (Å²) < 4.78 is 0. The normalized spacial score (nSPS) is 6.43. The number of carbonyl (C=O) groups excluding carboxylic acids is 2. The average Bonchev–Trinajstić information content (AvgIpc) is 1.35. The number of Topliss-reactive ketones (excluding diaryl/α,β-unsaturated/α-hetero) is 1. The second-order valence-electron chi connectivity index (χ2n) is 1.07. The maximum atomic E-state index is 9.81. The van der Waals surface area contributed by atoms with Crippen LogP contribution in [0.1, 0.15) is 13.3 Å². The van der Waals surface area contributed by atoms with E-state index >= 15 is 0 Å². The van der Waals surface area contributed by atoms with E-state index in [1.165, 1.54) is 6.92 Å². The predicted octanol–water partition coefficient (Wildman–Crippen LogP) is 0.162. The maximum Gasteiger partial charge on any atom is 0.136 e. The summed E-state index contributed by atoms with van der Waals surface area (Å²) in [6, 6.07) is 0. The van der Waals surface area contributed by atoms with E-state index in [0.717, 1.165) is 0 Å². The van der Waals surface area contributed by atoms with Gasteiger partial charge in [-0.3, -0.25) is 4.79 Å². The molecule has 3 heteroatoms. The van der Waals surface area contributed by atoms with Gasteiger partial charge in [0.1, 0.15) is 12.1 Å². The van der Waals surface area contributed by atoms with Crippen molar-refractivity contribution in [3.05, 3.63) is 0 Å². The van der Waals surface area contributed by atoms with Crippen LogP contribution in [0.3, 0.4) is 0 Å². The van der Waals surface area contributed by atoms with Gasteiger partial charge in [0.2, 0.25) is 0 Å². The standard InChI is InChI=1S/C4H6O2.Co/c1-4(6)2-3-5;/h3H,2H2,1H3;. The first kappa shape index (κ1) is 9.96. The molecule has 0 amide bonds. The van der Waals surface area contributed by atoms with Crippen LogP contribution < -0.4 is 0 Å². The van der Waals surface area contributed by atoms with Crippen LogP contribution in [0, 0.1) is 0 Å². The first-order valence-electron chi connectivity index (χ1n) is 1.70. The molecule has 0 fully saturated rings. The molecule has 0 aliphatic heterocycles. The van der Waals surface area contributed by atoms with Crippen LogP contribution >= 0.6 is 0 Å². The van der Waals surface area contributed by atoms with Crippen molar-refractivity contribution in [2.45, 2.75) is 13.3 Å². The minimum atomic E-state index is -0.0787. The van der Waals surface area contributed by atoms with E-state index in [1.807, 2.05) is 0 Å². The van der Waals surface area contributed by atoms with Gasteiger partial charge in [0.05, 0.1) is 6.42 Å².